The van der Waals surface area contributed by atoms with Crippen LogP contribution < -0.4 is 28.7 Å². The summed E-state index contributed by atoms with van der Waals surface area (Å²) in [7, 11) is 0. The summed E-state index contributed by atoms with van der Waals surface area (Å²) < 4.78 is 0. The van der Waals surface area contributed by atoms with Gasteiger partial charge in [0.1, 0.15) is 12.1 Å². The van der Waals surface area contributed by atoms with E-state index in [0.717, 1.165) is 0 Å². The Labute approximate surface area is 117 Å². The van der Waals surface area contributed by atoms with Gasteiger partial charge in [-0.25, -0.2) is 0 Å². The molecule has 10 heteroatoms. The Hall–Kier alpha value is -1.91. The molecule has 0 rings (SSSR count). The third-order valence-electron chi connectivity index (χ3n) is 2.08. The molecule has 0 heterocycles. The number of rotatable bonds is 8. The van der Waals surface area contributed by atoms with E-state index in [9.17, 15) is 9.59 Å². The summed E-state index contributed by atoms with van der Waals surface area (Å²) in [6, 6.07) is -1.61. The average molecular weight is 292 g/mol. The highest BCUT2D eigenvalue weighted by Gasteiger charge is 2.09. The van der Waals surface area contributed by atoms with Gasteiger partial charge in [-0.3, -0.25) is 14.6 Å². The highest BCUT2D eigenvalue weighted by atomic mass is 16.4. The summed E-state index contributed by atoms with van der Waals surface area (Å²) >= 11 is 0. The Bertz CT molecular complexity index is 319. The van der Waals surface area contributed by atoms with E-state index in [1.807, 2.05) is 0 Å². The minimum atomic E-state index is -1.00. The second-order valence-electron chi connectivity index (χ2n) is 3.92. The molecule has 0 radical (unpaired) electrons. The molecule has 0 aromatic heterocycles. The molecule has 0 spiro atoms. The van der Waals surface area contributed by atoms with Gasteiger partial charge in [-0.15, -0.1) is 0 Å². The van der Waals surface area contributed by atoms with Crippen LogP contribution in [0.25, 0.3) is 0 Å². The molecule has 0 aliphatic carbocycles. The molecule has 2 atom stereocenters. The molecule has 0 aliphatic rings. The van der Waals surface area contributed by atoms with Gasteiger partial charge in [0.05, 0.1) is 0 Å². The number of carboxylic acid groups (broad SMARTS) is 2. The second kappa shape index (κ2) is 12.1. The monoisotopic (exact) mass is 292 g/mol. The lowest BCUT2D eigenvalue weighted by atomic mass is 10.2. The largest absolute Gasteiger partial charge is 0.480 e. The Kier molecular flexibility index (Phi) is 12.4. The van der Waals surface area contributed by atoms with E-state index in [4.69, 9.17) is 38.9 Å². The Morgan fingerprint density at radius 3 is 1.75 bits per heavy atom. The summed E-state index contributed by atoms with van der Waals surface area (Å²) in [5, 5.41) is 16.5. The summed E-state index contributed by atoms with van der Waals surface area (Å²) in [6.45, 7) is 0.747. The Morgan fingerprint density at radius 2 is 1.45 bits per heavy atom. The van der Waals surface area contributed by atoms with Crippen molar-refractivity contribution in [1.29, 1.82) is 0 Å². The van der Waals surface area contributed by atoms with Crippen molar-refractivity contribution in [3.05, 3.63) is 0 Å². The van der Waals surface area contributed by atoms with Gasteiger partial charge in [0.15, 0.2) is 5.96 Å². The number of aliphatic imine (C=N–C) groups is 1. The van der Waals surface area contributed by atoms with Gasteiger partial charge >= 0.3 is 11.9 Å². The van der Waals surface area contributed by atoms with Crippen LogP contribution in [0.4, 0.5) is 0 Å². The van der Waals surface area contributed by atoms with E-state index < -0.39 is 24.0 Å². The molecule has 20 heavy (non-hydrogen) atoms. The van der Waals surface area contributed by atoms with Crippen molar-refractivity contribution < 1.29 is 19.8 Å². The third kappa shape index (κ3) is 14.2. The van der Waals surface area contributed by atoms with Crippen molar-refractivity contribution in [2.24, 2.45) is 33.7 Å². The van der Waals surface area contributed by atoms with Gasteiger partial charge in [0.2, 0.25) is 0 Å². The fourth-order valence-electron chi connectivity index (χ4n) is 0.946. The fourth-order valence-corrected chi connectivity index (χ4v) is 0.946. The molecule has 12 N–H and O–H groups in total. The number of carboxylic acids is 2. The first kappa shape index (κ1) is 20.4. The predicted molar refractivity (Wildman–Crippen MR) is 74.8 cm³/mol. The maximum atomic E-state index is 10.2. The fraction of sp³-hybridized carbons (Fsp3) is 0.700. The zero-order valence-corrected chi connectivity index (χ0v) is 11.2. The van der Waals surface area contributed by atoms with Gasteiger partial charge in [0.25, 0.3) is 0 Å². The molecule has 0 saturated heterocycles. The maximum Gasteiger partial charge on any atom is 0.320 e. The van der Waals surface area contributed by atoms with Crippen LogP contribution in [0.1, 0.15) is 19.3 Å². The zero-order chi connectivity index (χ0) is 16.1. The lowest BCUT2D eigenvalue weighted by molar-refractivity contribution is -0.139. The van der Waals surface area contributed by atoms with Crippen LogP contribution >= 0.6 is 0 Å². The molecular formula is C10H24N6O4. The molecule has 0 aromatic carbocycles. The van der Waals surface area contributed by atoms with Gasteiger partial charge in [-0.05, 0) is 25.8 Å². The van der Waals surface area contributed by atoms with Crippen LogP contribution in [0.2, 0.25) is 0 Å². The zero-order valence-electron chi connectivity index (χ0n) is 11.2. The van der Waals surface area contributed by atoms with E-state index >= 15 is 0 Å². The molecule has 0 aliphatic heterocycles. The molecule has 10 nitrogen and oxygen atoms in total. The van der Waals surface area contributed by atoms with Gasteiger partial charge in [0, 0.05) is 6.54 Å². The highest BCUT2D eigenvalue weighted by Crippen LogP contribution is 1.94. The Morgan fingerprint density at radius 1 is 1.00 bits per heavy atom. The van der Waals surface area contributed by atoms with Gasteiger partial charge in [-0.2, -0.15) is 0 Å². The number of guanidine groups is 1. The van der Waals surface area contributed by atoms with Crippen LogP contribution in [0.5, 0.6) is 0 Å². The van der Waals surface area contributed by atoms with Crippen molar-refractivity contribution >= 4 is 17.9 Å². The molecule has 118 valence electrons. The number of carbonyl (C=O) groups is 2. The van der Waals surface area contributed by atoms with E-state index in [1.54, 1.807) is 0 Å². The lowest BCUT2D eigenvalue weighted by Gasteiger charge is -2.03. The van der Waals surface area contributed by atoms with Crippen LogP contribution in [-0.4, -0.2) is 53.3 Å². The quantitative estimate of drug-likeness (QED) is 0.139. The summed E-state index contributed by atoms with van der Waals surface area (Å²) in [6.07, 6.45) is 1.30. The normalized spacial score (nSPS) is 12.6. The third-order valence-corrected chi connectivity index (χ3v) is 2.08. The van der Waals surface area contributed by atoms with Crippen molar-refractivity contribution in [2.45, 2.75) is 31.3 Å². The summed E-state index contributed by atoms with van der Waals surface area (Å²) in [5.41, 5.74) is 25.4. The number of hydrogen-bond acceptors (Lipinski definition) is 6. The van der Waals surface area contributed by atoms with Crippen LogP contribution in [0, 0.1) is 0 Å². The Balaban J connectivity index is 0. The van der Waals surface area contributed by atoms with E-state index in [2.05, 4.69) is 4.99 Å². The van der Waals surface area contributed by atoms with Crippen molar-refractivity contribution in [3.63, 3.8) is 0 Å². The first-order valence-corrected chi connectivity index (χ1v) is 5.94. The van der Waals surface area contributed by atoms with E-state index in [1.165, 1.54) is 0 Å². The van der Waals surface area contributed by atoms with Gasteiger partial charge < -0.3 is 38.9 Å². The van der Waals surface area contributed by atoms with Crippen LogP contribution in [0.3, 0.4) is 0 Å². The van der Waals surface area contributed by atoms with Gasteiger partial charge in [-0.1, -0.05) is 0 Å². The predicted octanol–water partition coefficient (Wildman–Crippen LogP) is -2.80. The van der Waals surface area contributed by atoms with E-state index in [0.29, 0.717) is 32.4 Å². The number of aliphatic carboxylic acids is 2. The highest BCUT2D eigenvalue weighted by molar-refractivity contribution is 5.75. The molecule has 1 unspecified atom stereocenters. The maximum absolute atomic E-state index is 10.2. The standard InChI is InChI=1S/C6H14N4O2.C4H10N2O2/c7-4(5(11)12)2-1-3-10-6(8)9;5-2-1-3(6)4(7)8/h4H,1-3,7H2,(H,11,12)(H4,8,9,10);3H,1-2,5-6H2,(H,7,8)/t4-;/m0./s1. The first-order chi connectivity index (χ1) is 9.22. The molecular weight excluding hydrogens is 268 g/mol. The van der Waals surface area contributed by atoms with E-state index in [-0.39, 0.29) is 5.96 Å². The number of nitrogens with zero attached hydrogens (tertiary/aromatic N) is 1. The van der Waals surface area contributed by atoms with Crippen LogP contribution in [-0.2, 0) is 9.59 Å². The molecule has 0 fully saturated rings. The summed E-state index contributed by atoms with van der Waals surface area (Å²) in [4.78, 5) is 23.8. The number of nitrogens with two attached hydrogens (primary N) is 5. The summed E-state index contributed by atoms with van der Waals surface area (Å²) in [5.74, 6) is -1.98. The molecule has 0 saturated carbocycles. The lowest BCUT2D eigenvalue weighted by Crippen LogP contribution is -2.32. The number of hydrogen-bond donors (Lipinski definition) is 7. The smallest absolute Gasteiger partial charge is 0.320 e. The second-order valence-corrected chi connectivity index (χ2v) is 3.92. The molecule has 0 amide bonds. The first-order valence-electron chi connectivity index (χ1n) is 5.94. The molecule has 0 aromatic rings. The van der Waals surface area contributed by atoms with Crippen molar-refractivity contribution in [1.82, 2.24) is 0 Å². The molecule has 0 bridgehead atoms. The minimum absolute atomic E-state index is 0.0129. The topological polar surface area (TPSA) is 217 Å². The van der Waals surface area contributed by atoms with Crippen LogP contribution in [0.15, 0.2) is 4.99 Å². The van der Waals surface area contributed by atoms with Crippen molar-refractivity contribution in [2.75, 3.05) is 13.1 Å². The average Bonchev–Trinajstić information content (AvgIpc) is 2.34. The van der Waals surface area contributed by atoms with Crippen molar-refractivity contribution in [3.8, 4) is 0 Å². The SMILES string of the molecule is NC(N)=NCCC[C@H](N)C(=O)O.NCCC(N)C(=O)O. The minimum Gasteiger partial charge on any atom is -0.480 e.